The lowest BCUT2D eigenvalue weighted by Crippen LogP contribution is -2.51. The Kier molecular flexibility index (Phi) is 3.47. The summed E-state index contributed by atoms with van der Waals surface area (Å²) in [7, 11) is 0. The normalized spacial score (nSPS) is 16.8. The molecular formula is C10H18N4O. The number of carbonyl (C=O) groups is 1. The number of amides is 1. The summed E-state index contributed by atoms with van der Waals surface area (Å²) < 4.78 is 0. The average Bonchev–Trinajstić information content (AvgIpc) is 2.70. The van der Waals surface area contributed by atoms with Gasteiger partial charge in [-0.2, -0.15) is 0 Å². The van der Waals surface area contributed by atoms with Crippen LogP contribution >= 0.6 is 0 Å². The van der Waals surface area contributed by atoms with Gasteiger partial charge in [0.15, 0.2) is 0 Å². The van der Waals surface area contributed by atoms with Crippen LogP contribution in [0.5, 0.6) is 0 Å². The number of aromatic amines is 1. The van der Waals surface area contributed by atoms with Crippen molar-refractivity contribution in [1.29, 1.82) is 0 Å². The van der Waals surface area contributed by atoms with Crippen LogP contribution in [0, 0.1) is 0 Å². The van der Waals surface area contributed by atoms with E-state index in [2.05, 4.69) is 15.3 Å². The van der Waals surface area contributed by atoms with Crippen molar-refractivity contribution in [3.8, 4) is 0 Å². The SMILES string of the molecule is CCC(C)(N)C(=O)NC(C)c1ncc[nH]1. The number of nitrogens with zero attached hydrogens (tertiary/aromatic N) is 1. The van der Waals surface area contributed by atoms with Crippen LogP contribution in [-0.4, -0.2) is 21.4 Å². The minimum atomic E-state index is -0.819. The summed E-state index contributed by atoms with van der Waals surface area (Å²) in [6.07, 6.45) is 3.97. The van der Waals surface area contributed by atoms with Gasteiger partial charge in [0.25, 0.3) is 0 Å². The lowest BCUT2D eigenvalue weighted by Gasteiger charge is -2.23. The van der Waals surface area contributed by atoms with Gasteiger partial charge in [0, 0.05) is 12.4 Å². The quantitative estimate of drug-likeness (QED) is 0.684. The number of hydrogen-bond donors (Lipinski definition) is 3. The first-order valence-corrected chi connectivity index (χ1v) is 5.06. The Morgan fingerprint density at radius 2 is 2.47 bits per heavy atom. The Bertz CT molecular complexity index is 318. The minimum Gasteiger partial charge on any atom is -0.347 e. The van der Waals surface area contributed by atoms with Gasteiger partial charge < -0.3 is 16.0 Å². The third-order valence-corrected chi connectivity index (χ3v) is 2.53. The van der Waals surface area contributed by atoms with Crippen LogP contribution in [0.25, 0.3) is 0 Å². The summed E-state index contributed by atoms with van der Waals surface area (Å²) in [5, 5.41) is 2.82. The summed E-state index contributed by atoms with van der Waals surface area (Å²) in [5.74, 6) is 0.573. The van der Waals surface area contributed by atoms with Gasteiger partial charge in [0.05, 0.1) is 11.6 Å². The molecule has 0 radical (unpaired) electrons. The molecule has 0 fully saturated rings. The molecule has 84 valence electrons. The molecule has 0 aromatic carbocycles. The maximum absolute atomic E-state index is 11.7. The average molecular weight is 210 g/mol. The fourth-order valence-corrected chi connectivity index (χ4v) is 1.10. The molecular weight excluding hydrogens is 192 g/mol. The Labute approximate surface area is 89.5 Å². The second-order valence-corrected chi connectivity index (χ2v) is 3.94. The second kappa shape index (κ2) is 4.44. The number of nitrogens with two attached hydrogens (primary N) is 1. The molecule has 4 N–H and O–H groups in total. The highest BCUT2D eigenvalue weighted by Gasteiger charge is 2.27. The van der Waals surface area contributed by atoms with Crippen molar-refractivity contribution in [2.24, 2.45) is 5.73 Å². The fraction of sp³-hybridized carbons (Fsp3) is 0.600. The number of aromatic nitrogens is 2. The highest BCUT2D eigenvalue weighted by atomic mass is 16.2. The topological polar surface area (TPSA) is 83.8 Å². The standard InChI is InChI=1S/C10H18N4O/c1-4-10(3,11)9(15)14-7(2)8-12-5-6-13-8/h5-7H,4,11H2,1-3H3,(H,12,13)(H,14,15). The maximum atomic E-state index is 11.7. The molecule has 5 heteroatoms. The van der Waals surface area contributed by atoms with Crippen molar-refractivity contribution in [1.82, 2.24) is 15.3 Å². The number of hydrogen-bond acceptors (Lipinski definition) is 3. The minimum absolute atomic E-state index is 0.151. The summed E-state index contributed by atoms with van der Waals surface area (Å²) in [4.78, 5) is 18.7. The molecule has 1 rings (SSSR count). The van der Waals surface area contributed by atoms with Gasteiger partial charge in [0.2, 0.25) is 5.91 Å². The highest BCUT2D eigenvalue weighted by molar-refractivity contribution is 5.85. The Hall–Kier alpha value is -1.36. The molecule has 0 saturated carbocycles. The van der Waals surface area contributed by atoms with Crippen molar-refractivity contribution in [3.63, 3.8) is 0 Å². The van der Waals surface area contributed by atoms with E-state index in [1.807, 2.05) is 13.8 Å². The van der Waals surface area contributed by atoms with E-state index in [9.17, 15) is 4.79 Å². The molecule has 0 aliphatic heterocycles. The van der Waals surface area contributed by atoms with Gasteiger partial charge in [0.1, 0.15) is 5.82 Å². The molecule has 2 unspecified atom stereocenters. The van der Waals surface area contributed by atoms with Crippen molar-refractivity contribution in [2.45, 2.75) is 38.8 Å². The first kappa shape index (κ1) is 11.7. The molecule has 0 saturated heterocycles. The van der Waals surface area contributed by atoms with E-state index in [-0.39, 0.29) is 11.9 Å². The van der Waals surface area contributed by atoms with Crippen LogP contribution in [0.1, 0.15) is 39.1 Å². The zero-order valence-corrected chi connectivity index (χ0v) is 9.37. The summed E-state index contributed by atoms with van der Waals surface area (Å²) in [5.41, 5.74) is 5.00. The van der Waals surface area contributed by atoms with Gasteiger partial charge in [-0.1, -0.05) is 6.92 Å². The maximum Gasteiger partial charge on any atom is 0.240 e. The fourth-order valence-electron chi connectivity index (χ4n) is 1.10. The smallest absolute Gasteiger partial charge is 0.240 e. The van der Waals surface area contributed by atoms with Crippen molar-refractivity contribution < 1.29 is 4.79 Å². The number of nitrogens with one attached hydrogen (secondary N) is 2. The third-order valence-electron chi connectivity index (χ3n) is 2.53. The molecule has 15 heavy (non-hydrogen) atoms. The van der Waals surface area contributed by atoms with Gasteiger partial charge in [-0.05, 0) is 20.3 Å². The van der Waals surface area contributed by atoms with Gasteiger partial charge in [-0.3, -0.25) is 4.79 Å². The van der Waals surface area contributed by atoms with E-state index in [0.29, 0.717) is 6.42 Å². The van der Waals surface area contributed by atoms with E-state index < -0.39 is 5.54 Å². The summed E-state index contributed by atoms with van der Waals surface area (Å²) in [6, 6.07) is -0.151. The molecule has 1 aromatic rings. The molecule has 0 aliphatic rings. The van der Waals surface area contributed by atoms with Gasteiger partial charge in [-0.15, -0.1) is 0 Å². The largest absolute Gasteiger partial charge is 0.347 e. The second-order valence-electron chi connectivity index (χ2n) is 3.94. The van der Waals surface area contributed by atoms with Crippen molar-refractivity contribution >= 4 is 5.91 Å². The van der Waals surface area contributed by atoms with E-state index in [4.69, 9.17) is 5.73 Å². The monoisotopic (exact) mass is 210 g/mol. The Morgan fingerprint density at radius 3 is 2.93 bits per heavy atom. The van der Waals surface area contributed by atoms with Crippen LogP contribution in [0.15, 0.2) is 12.4 Å². The molecule has 2 atom stereocenters. The first-order valence-electron chi connectivity index (χ1n) is 5.06. The first-order chi connectivity index (χ1) is 6.97. The molecule has 0 bridgehead atoms. The molecule has 1 aromatic heterocycles. The predicted octanol–water partition coefficient (Wildman–Crippen LogP) is 0.714. The van der Waals surface area contributed by atoms with E-state index in [1.165, 1.54) is 0 Å². The Balaban J connectivity index is 2.60. The van der Waals surface area contributed by atoms with Crippen LogP contribution in [-0.2, 0) is 4.79 Å². The number of carbonyl (C=O) groups excluding carboxylic acids is 1. The number of rotatable bonds is 4. The highest BCUT2D eigenvalue weighted by Crippen LogP contribution is 2.10. The molecule has 5 nitrogen and oxygen atoms in total. The molecule has 1 heterocycles. The van der Waals surface area contributed by atoms with Crippen molar-refractivity contribution in [2.75, 3.05) is 0 Å². The van der Waals surface area contributed by atoms with Crippen molar-refractivity contribution in [3.05, 3.63) is 18.2 Å². The lowest BCUT2D eigenvalue weighted by molar-refractivity contribution is -0.126. The zero-order chi connectivity index (χ0) is 11.5. The van der Waals surface area contributed by atoms with E-state index in [1.54, 1.807) is 19.3 Å². The Morgan fingerprint density at radius 1 is 1.80 bits per heavy atom. The van der Waals surface area contributed by atoms with Gasteiger partial charge >= 0.3 is 0 Å². The lowest BCUT2D eigenvalue weighted by atomic mass is 9.99. The van der Waals surface area contributed by atoms with E-state index >= 15 is 0 Å². The van der Waals surface area contributed by atoms with Crippen LogP contribution < -0.4 is 11.1 Å². The summed E-state index contributed by atoms with van der Waals surface area (Å²) in [6.45, 7) is 5.47. The molecule has 1 amide bonds. The number of H-pyrrole nitrogens is 1. The predicted molar refractivity (Wildman–Crippen MR) is 58.0 cm³/mol. The molecule has 0 aliphatic carbocycles. The van der Waals surface area contributed by atoms with Crippen LogP contribution in [0.3, 0.4) is 0 Å². The van der Waals surface area contributed by atoms with Crippen LogP contribution in [0.2, 0.25) is 0 Å². The van der Waals surface area contributed by atoms with E-state index in [0.717, 1.165) is 5.82 Å². The van der Waals surface area contributed by atoms with Crippen LogP contribution in [0.4, 0.5) is 0 Å². The third kappa shape index (κ3) is 2.79. The summed E-state index contributed by atoms with van der Waals surface area (Å²) >= 11 is 0. The van der Waals surface area contributed by atoms with Gasteiger partial charge in [-0.25, -0.2) is 4.98 Å². The molecule has 0 spiro atoms. The number of imidazole rings is 1. The zero-order valence-electron chi connectivity index (χ0n) is 9.37.